The summed E-state index contributed by atoms with van der Waals surface area (Å²) >= 11 is 1.54. The van der Waals surface area contributed by atoms with Gasteiger partial charge in [0.2, 0.25) is 0 Å². The Balaban J connectivity index is 1.73. The van der Waals surface area contributed by atoms with E-state index in [1.165, 1.54) is 11.3 Å². The summed E-state index contributed by atoms with van der Waals surface area (Å²) in [7, 11) is 0. The van der Waals surface area contributed by atoms with Crippen LogP contribution in [0.15, 0.2) is 10.9 Å². The Morgan fingerprint density at radius 3 is 2.75 bits per heavy atom. The van der Waals surface area contributed by atoms with E-state index in [9.17, 15) is 9.59 Å². The van der Waals surface area contributed by atoms with Crippen molar-refractivity contribution in [3.63, 3.8) is 0 Å². The number of nitrogens with zero attached hydrogens (tertiary/aromatic N) is 2. The van der Waals surface area contributed by atoms with Gasteiger partial charge in [-0.1, -0.05) is 0 Å². The van der Waals surface area contributed by atoms with Crippen LogP contribution >= 0.6 is 11.3 Å². The van der Waals surface area contributed by atoms with Crippen molar-refractivity contribution in [2.75, 3.05) is 19.6 Å². The Morgan fingerprint density at radius 2 is 2.20 bits per heavy atom. The number of carbonyl (C=O) groups excluding carboxylic acids is 1. The maximum Gasteiger partial charge on any atom is 0.317 e. The van der Waals surface area contributed by atoms with Gasteiger partial charge in [-0.15, -0.1) is 11.3 Å². The summed E-state index contributed by atoms with van der Waals surface area (Å²) in [6, 6.07) is -0.118. The summed E-state index contributed by atoms with van der Waals surface area (Å²) in [4.78, 5) is 28.9. The minimum Gasteiger partial charge on any atom is -0.481 e. The van der Waals surface area contributed by atoms with E-state index < -0.39 is 11.4 Å². The Labute approximate surface area is 121 Å². The highest BCUT2D eigenvalue weighted by Gasteiger charge is 2.37. The second kappa shape index (κ2) is 6.21. The van der Waals surface area contributed by atoms with Crippen LogP contribution in [0.3, 0.4) is 0 Å². The number of rotatable bonds is 4. The lowest BCUT2D eigenvalue weighted by Gasteiger charge is -2.36. The number of carboxylic acids is 1. The van der Waals surface area contributed by atoms with Gasteiger partial charge >= 0.3 is 12.0 Å². The molecule has 1 aliphatic rings. The van der Waals surface area contributed by atoms with E-state index in [-0.39, 0.29) is 6.03 Å². The monoisotopic (exact) mass is 297 g/mol. The van der Waals surface area contributed by atoms with Crippen molar-refractivity contribution in [2.45, 2.75) is 26.2 Å². The topological polar surface area (TPSA) is 82.5 Å². The van der Waals surface area contributed by atoms with E-state index in [0.29, 0.717) is 32.5 Å². The first-order valence-electron chi connectivity index (χ1n) is 6.64. The van der Waals surface area contributed by atoms with E-state index in [2.05, 4.69) is 10.3 Å². The van der Waals surface area contributed by atoms with Crippen LogP contribution in [0, 0.1) is 5.41 Å². The Morgan fingerprint density at radius 1 is 1.50 bits per heavy atom. The maximum absolute atomic E-state index is 12.0. The normalized spacial score (nSPS) is 17.8. The number of hydrogen-bond donors (Lipinski definition) is 2. The van der Waals surface area contributed by atoms with Gasteiger partial charge in [0.05, 0.1) is 16.6 Å². The highest BCUT2D eigenvalue weighted by atomic mass is 32.1. The zero-order valence-corrected chi connectivity index (χ0v) is 12.3. The molecule has 2 N–H and O–H groups in total. The van der Waals surface area contributed by atoms with Crippen LogP contribution in [0.25, 0.3) is 0 Å². The Bertz CT molecular complexity index is 467. The molecule has 0 unspecified atom stereocenters. The van der Waals surface area contributed by atoms with Gasteiger partial charge in [-0.05, 0) is 19.8 Å². The molecule has 2 rings (SSSR count). The summed E-state index contributed by atoms with van der Waals surface area (Å²) in [5.41, 5.74) is 2.05. The molecule has 1 aromatic rings. The first kappa shape index (κ1) is 14.8. The molecule has 1 aliphatic heterocycles. The second-order valence-corrected chi connectivity index (χ2v) is 6.03. The minimum atomic E-state index is -0.777. The summed E-state index contributed by atoms with van der Waals surface area (Å²) in [5.74, 6) is -0.777. The molecule has 20 heavy (non-hydrogen) atoms. The Kier molecular flexibility index (Phi) is 4.59. The van der Waals surface area contributed by atoms with Gasteiger partial charge in [-0.2, -0.15) is 0 Å². The molecule has 110 valence electrons. The summed E-state index contributed by atoms with van der Waals surface area (Å²) in [6.07, 6.45) is 1.72. The number of carboxylic acid groups (broad SMARTS) is 1. The highest BCUT2D eigenvalue weighted by Crippen LogP contribution is 2.30. The Hall–Kier alpha value is -1.63. The zero-order chi connectivity index (χ0) is 14.6. The largest absolute Gasteiger partial charge is 0.481 e. The molecule has 1 aromatic heterocycles. The number of piperidine rings is 1. The lowest BCUT2D eigenvalue weighted by molar-refractivity contribution is -0.150. The van der Waals surface area contributed by atoms with Crippen LogP contribution in [-0.4, -0.2) is 46.6 Å². The number of amides is 2. The summed E-state index contributed by atoms with van der Waals surface area (Å²) < 4.78 is 0. The van der Waals surface area contributed by atoms with Crippen LogP contribution in [0.5, 0.6) is 0 Å². The van der Waals surface area contributed by atoms with Crippen molar-refractivity contribution in [1.82, 2.24) is 15.2 Å². The molecule has 0 spiro atoms. The number of aromatic nitrogens is 1. The van der Waals surface area contributed by atoms with E-state index in [1.807, 2.05) is 5.38 Å². The first-order chi connectivity index (χ1) is 9.51. The average molecular weight is 297 g/mol. The van der Waals surface area contributed by atoms with E-state index in [0.717, 1.165) is 12.1 Å². The van der Waals surface area contributed by atoms with Gasteiger partial charge in [-0.3, -0.25) is 4.79 Å². The molecule has 7 heteroatoms. The van der Waals surface area contributed by atoms with Crippen LogP contribution in [-0.2, 0) is 11.2 Å². The van der Waals surface area contributed by atoms with Crippen molar-refractivity contribution in [3.8, 4) is 0 Å². The first-order valence-corrected chi connectivity index (χ1v) is 7.59. The van der Waals surface area contributed by atoms with Crippen molar-refractivity contribution >= 4 is 23.3 Å². The molecule has 0 radical (unpaired) electrons. The molecule has 0 saturated carbocycles. The molecule has 0 atom stereocenters. The van der Waals surface area contributed by atoms with E-state index in [1.54, 1.807) is 17.3 Å². The third kappa shape index (κ3) is 3.47. The number of urea groups is 1. The molecule has 0 bridgehead atoms. The van der Waals surface area contributed by atoms with Gasteiger partial charge in [0.25, 0.3) is 0 Å². The van der Waals surface area contributed by atoms with Gasteiger partial charge in [-0.25, -0.2) is 9.78 Å². The number of hydrogen-bond acceptors (Lipinski definition) is 4. The van der Waals surface area contributed by atoms with E-state index >= 15 is 0 Å². The quantitative estimate of drug-likeness (QED) is 0.884. The SMILES string of the molecule is CC1(C(=O)O)CCN(C(=O)NCCc2cscn2)CC1. The fourth-order valence-corrected chi connectivity index (χ4v) is 2.78. The van der Waals surface area contributed by atoms with Crippen LogP contribution in [0.2, 0.25) is 0 Å². The molecule has 0 aromatic carbocycles. The maximum atomic E-state index is 12.0. The van der Waals surface area contributed by atoms with Crippen LogP contribution < -0.4 is 5.32 Å². The molecule has 0 aliphatic carbocycles. The van der Waals surface area contributed by atoms with Gasteiger partial charge < -0.3 is 15.3 Å². The minimum absolute atomic E-state index is 0.118. The average Bonchev–Trinajstić information content (AvgIpc) is 2.92. The standard InChI is InChI=1S/C13H19N3O3S/c1-13(11(17)18)3-6-16(7-4-13)12(19)14-5-2-10-8-20-9-15-10/h8-9H,2-7H2,1H3,(H,14,19)(H,17,18). The number of likely N-dealkylation sites (tertiary alicyclic amines) is 1. The highest BCUT2D eigenvalue weighted by molar-refractivity contribution is 7.07. The molecule has 6 nitrogen and oxygen atoms in total. The molecular formula is C13H19N3O3S. The van der Waals surface area contributed by atoms with Gasteiger partial charge in [0, 0.05) is 31.4 Å². The van der Waals surface area contributed by atoms with Crippen molar-refractivity contribution in [2.24, 2.45) is 5.41 Å². The van der Waals surface area contributed by atoms with Crippen LogP contribution in [0.1, 0.15) is 25.5 Å². The van der Waals surface area contributed by atoms with Crippen molar-refractivity contribution in [1.29, 1.82) is 0 Å². The predicted molar refractivity (Wildman–Crippen MR) is 75.8 cm³/mol. The lowest BCUT2D eigenvalue weighted by atomic mass is 9.80. The zero-order valence-electron chi connectivity index (χ0n) is 11.5. The van der Waals surface area contributed by atoms with Crippen LogP contribution in [0.4, 0.5) is 4.79 Å². The second-order valence-electron chi connectivity index (χ2n) is 5.31. The fourth-order valence-electron chi connectivity index (χ4n) is 2.19. The number of carbonyl (C=O) groups is 2. The van der Waals surface area contributed by atoms with Crippen molar-refractivity contribution in [3.05, 3.63) is 16.6 Å². The predicted octanol–water partition coefficient (Wildman–Crippen LogP) is 1.58. The summed E-state index contributed by atoms with van der Waals surface area (Å²) in [6.45, 7) is 3.28. The number of nitrogens with one attached hydrogen (secondary N) is 1. The molecular weight excluding hydrogens is 278 g/mol. The molecule has 2 heterocycles. The molecule has 2 amide bonds. The third-order valence-electron chi connectivity index (χ3n) is 3.81. The van der Waals surface area contributed by atoms with E-state index in [4.69, 9.17) is 5.11 Å². The number of aliphatic carboxylic acids is 1. The number of thiazole rings is 1. The lowest BCUT2D eigenvalue weighted by Crippen LogP contribution is -2.49. The van der Waals surface area contributed by atoms with Crippen molar-refractivity contribution < 1.29 is 14.7 Å². The third-order valence-corrected chi connectivity index (χ3v) is 4.45. The smallest absolute Gasteiger partial charge is 0.317 e. The van der Waals surface area contributed by atoms with Gasteiger partial charge in [0.1, 0.15) is 0 Å². The van der Waals surface area contributed by atoms with Gasteiger partial charge in [0.15, 0.2) is 0 Å². The summed E-state index contributed by atoms with van der Waals surface area (Å²) in [5, 5.41) is 14.0. The molecule has 1 fully saturated rings. The fraction of sp³-hybridized carbons (Fsp3) is 0.615. The molecule has 1 saturated heterocycles.